The highest BCUT2D eigenvalue weighted by atomic mass is 19.4. The van der Waals surface area contributed by atoms with Crippen molar-refractivity contribution in [3.63, 3.8) is 0 Å². The fourth-order valence-corrected chi connectivity index (χ4v) is 2.29. The molecule has 1 aromatic heterocycles. The average Bonchev–Trinajstić information content (AvgIpc) is 2.33. The molecule has 2 rings (SSSR count). The Kier molecular flexibility index (Phi) is 4.35. The molecular formula is C15H19F3N2O2. The first-order valence-corrected chi connectivity index (χ1v) is 7.05. The predicted octanol–water partition coefficient (Wildman–Crippen LogP) is 3.48. The molecule has 0 spiro atoms. The summed E-state index contributed by atoms with van der Waals surface area (Å²) in [6, 6.07) is 1.48. The second-order valence-electron chi connectivity index (χ2n) is 6.39. The number of rotatable bonds is 1. The molecule has 0 aliphatic carbocycles. The summed E-state index contributed by atoms with van der Waals surface area (Å²) < 4.78 is 42.6. The van der Waals surface area contributed by atoms with E-state index in [0.29, 0.717) is 18.5 Å². The molecule has 1 aromatic rings. The summed E-state index contributed by atoms with van der Waals surface area (Å²) in [5.41, 5.74) is 0.898. The number of aromatic nitrogens is 1. The Bertz CT molecular complexity index is 565. The Morgan fingerprint density at radius 3 is 2.64 bits per heavy atom. The van der Waals surface area contributed by atoms with E-state index in [1.54, 1.807) is 20.8 Å². The third kappa shape index (κ3) is 4.61. The summed E-state index contributed by atoms with van der Waals surface area (Å²) in [7, 11) is 0. The van der Waals surface area contributed by atoms with Crippen molar-refractivity contribution in [3.8, 4) is 0 Å². The van der Waals surface area contributed by atoms with Crippen LogP contribution in [0, 0.1) is 0 Å². The summed E-state index contributed by atoms with van der Waals surface area (Å²) in [4.78, 5) is 17.6. The van der Waals surface area contributed by atoms with Gasteiger partial charge in [-0.25, -0.2) is 4.79 Å². The number of halogens is 3. The molecule has 0 atom stereocenters. The van der Waals surface area contributed by atoms with Crippen LogP contribution in [-0.4, -0.2) is 34.3 Å². The maximum Gasteiger partial charge on any atom is 0.410 e. The smallest absolute Gasteiger partial charge is 0.410 e. The minimum absolute atomic E-state index is 0.109. The topological polar surface area (TPSA) is 42.4 Å². The Balaban J connectivity index is 2.11. The molecule has 0 fully saturated rings. The highest BCUT2D eigenvalue weighted by Gasteiger charge is 2.30. The molecule has 0 radical (unpaired) electrons. The van der Waals surface area contributed by atoms with E-state index in [4.69, 9.17) is 4.74 Å². The summed E-state index contributed by atoms with van der Waals surface area (Å²) >= 11 is 0. The molecular weight excluding hydrogens is 297 g/mol. The van der Waals surface area contributed by atoms with Crippen LogP contribution in [0.4, 0.5) is 18.0 Å². The maximum atomic E-state index is 12.5. The van der Waals surface area contributed by atoms with Crippen molar-refractivity contribution in [2.45, 2.75) is 51.9 Å². The zero-order valence-corrected chi connectivity index (χ0v) is 12.8. The number of pyridine rings is 1. The number of fused-ring (bicyclic) bond motifs is 1. The first-order chi connectivity index (χ1) is 10.0. The average molecular weight is 316 g/mol. The van der Waals surface area contributed by atoms with Gasteiger partial charge in [0.25, 0.3) is 0 Å². The number of nitrogens with zero attached hydrogens (tertiary/aromatic N) is 2. The molecule has 4 nitrogen and oxygen atoms in total. The van der Waals surface area contributed by atoms with Crippen molar-refractivity contribution in [1.29, 1.82) is 0 Å². The van der Waals surface area contributed by atoms with E-state index in [2.05, 4.69) is 4.98 Å². The van der Waals surface area contributed by atoms with Crippen molar-refractivity contribution in [3.05, 3.63) is 29.1 Å². The number of ether oxygens (including phenoxy) is 1. The number of carbonyl (C=O) groups excluding carboxylic acids is 1. The van der Waals surface area contributed by atoms with Gasteiger partial charge in [0.1, 0.15) is 5.60 Å². The monoisotopic (exact) mass is 316 g/mol. The lowest BCUT2D eigenvalue weighted by atomic mass is 10.0. The predicted molar refractivity (Wildman–Crippen MR) is 74.3 cm³/mol. The Morgan fingerprint density at radius 1 is 1.36 bits per heavy atom. The maximum absolute atomic E-state index is 12.5. The van der Waals surface area contributed by atoms with Gasteiger partial charge in [0, 0.05) is 24.9 Å². The zero-order chi connectivity index (χ0) is 16.5. The molecule has 0 saturated heterocycles. The van der Waals surface area contributed by atoms with Gasteiger partial charge < -0.3 is 9.64 Å². The van der Waals surface area contributed by atoms with Gasteiger partial charge in [-0.2, -0.15) is 13.2 Å². The molecule has 2 heterocycles. The molecule has 1 aliphatic heterocycles. The molecule has 122 valence electrons. The second-order valence-corrected chi connectivity index (χ2v) is 6.39. The molecule has 22 heavy (non-hydrogen) atoms. The molecule has 1 aliphatic rings. The van der Waals surface area contributed by atoms with Crippen LogP contribution in [-0.2, 0) is 24.1 Å². The molecule has 0 unspecified atom stereocenters. The van der Waals surface area contributed by atoms with Crippen LogP contribution in [0.2, 0.25) is 0 Å². The third-order valence-corrected chi connectivity index (χ3v) is 3.15. The van der Waals surface area contributed by atoms with E-state index in [1.807, 2.05) is 0 Å². The lowest BCUT2D eigenvalue weighted by Crippen LogP contribution is -2.40. The minimum Gasteiger partial charge on any atom is -0.444 e. The van der Waals surface area contributed by atoms with E-state index >= 15 is 0 Å². The van der Waals surface area contributed by atoms with Crippen molar-refractivity contribution in [1.82, 2.24) is 9.88 Å². The van der Waals surface area contributed by atoms with Gasteiger partial charge in [-0.05, 0) is 31.9 Å². The van der Waals surface area contributed by atoms with Crippen molar-refractivity contribution < 1.29 is 22.7 Å². The molecule has 0 aromatic carbocycles. The van der Waals surface area contributed by atoms with E-state index in [0.717, 1.165) is 5.69 Å². The van der Waals surface area contributed by atoms with Gasteiger partial charge in [-0.15, -0.1) is 0 Å². The van der Waals surface area contributed by atoms with Crippen LogP contribution in [0.5, 0.6) is 0 Å². The van der Waals surface area contributed by atoms with Gasteiger partial charge in [0.05, 0.1) is 13.0 Å². The summed E-state index contributed by atoms with van der Waals surface area (Å²) in [5, 5.41) is 0. The van der Waals surface area contributed by atoms with E-state index < -0.39 is 24.3 Å². The van der Waals surface area contributed by atoms with Crippen LogP contribution >= 0.6 is 0 Å². The molecule has 0 saturated carbocycles. The fourth-order valence-electron chi connectivity index (χ4n) is 2.29. The normalized spacial score (nSPS) is 15.5. The number of hydrogen-bond acceptors (Lipinski definition) is 3. The molecule has 1 amide bonds. The van der Waals surface area contributed by atoms with Gasteiger partial charge in [-0.3, -0.25) is 4.98 Å². The van der Waals surface area contributed by atoms with Crippen molar-refractivity contribution >= 4 is 6.09 Å². The van der Waals surface area contributed by atoms with E-state index in [9.17, 15) is 18.0 Å². The highest BCUT2D eigenvalue weighted by molar-refractivity contribution is 5.68. The van der Waals surface area contributed by atoms with Crippen LogP contribution in [0.25, 0.3) is 0 Å². The lowest BCUT2D eigenvalue weighted by Gasteiger charge is -2.31. The molecule has 7 heteroatoms. The van der Waals surface area contributed by atoms with Crippen LogP contribution in [0.1, 0.15) is 37.6 Å². The number of hydrogen-bond donors (Lipinski definition) is 0. The lowest BCUT2D eigenvalue weighted by molar-refractivity contribution is -0.127. The summed E-state index contributed by atoms with van der Waals surface area (Å²) in [6.07, 6.45) is -3.97. The number of amides is 1. The largest absolute Gasteiger partial charge is 0.444 e. The van der Waals surface area contributed by atoms with Crippen LogP contribution < -0.4 is 0 Å². The summed E-state index contributed by atoms with van der Waals surface area (Å²) in [6.45, 7) is 5.99. The zero-order valence-electron chi connectivity index (χ0n) is 12.8. The van der Waals surface area contributed by atoms with E-state index in [1.165, 1.54) is 17.2 Å². The second kappa shape index (κ2) is 5.78. The third-order valence-electron chi connectivity index (χ3n) is 3.15. The highest BCUT2D eigenvalue weighted by Crippen LogP contribution is 2.25. The molecule has 0 bridgehead atoms. The first-order valence-electron chi connectivity index (χ1n) is 7.05. The van der Waals surface area contributed by atoms with Crippen molar-refractivity contribution in [2.75, 3.05) is 6.54 Å². The van der Waals surface area contributed by atoms with E-state index in [-0.39, 0.29) is 12.1 Å². The Hall–Kier alpha value is -1.79. The Labute approximate surface area is 127 Å². The van der Waals surface area contributed by atoms with Gasteiger partial charge >= 0.3 is 12.3 Å². The Morgan fingerprint density at radius 2 is 2.05 bits per heavy atom. The summed E-state index contributed by atoms with van der Waals surface area (Å²) in [5.74, 6) is 0. The van der Waals surface area contributed by atoms with Gasteiger partial charge in [-0.1, -0.05) is 6.07 Å². The quantitative estimate of drug-likeness (QED) is 0.796. The van der Waals surface area contributed by atoms with Gasteiger partial charge in [0.2, 0.25) is 0 Å². The van der Waals surface area contributed by atoms with Crippen molar-refractivity contribution in [2.24, 2.45) is 0 Å². The fraction of sp³-hybridized carbons (Fsp3) is 0.600. The minimum atomic E-state index is -4.27. The van der Waals surface area contributed by atoms with Gasteiger partial charge in [0.15, 0.2) is 0 Å². The first kappa shape index (κ1) is 16.6. The van der Waals surface area contributed by atoms with Crippen LogP contribution in [0.3, 0.4) is 0 Å². The number of carbonyl (C=O) groups is 1. The molecule has 0 N–H and O–H groups in total. The van der Waals surface area contributed by atoms with Crippen LogP contribution in [0.15, 0.2) is 12.3 Å². The standard InChI is InChI=1S/C15H19F3N2O2/c1-14(2,3)22-13(21)20-5-4-12-11(9-20)6-10(8-19-12)7-15(16,17)18/h6,8H,4-5,7,9H2,1-3H3. The SMILES string of the molecule is CC(C)(C)OC(=O)N1CCc2ncc(CC(F)(F)F)cc2C1. The number of alkyl halides is 3.